The summed E-state index contributed by atoms with van der Waals surface area (Å²) in [6.07, 6.45) is 1.83. The van der Waals surface area contributed by atoms with Crippen molar-refractivity contribution in [1.29, 1.82) is 0 Å². The molecular weight excluding hydrogens is 735 g/mol. The molecule has 60 heavy (non-hydrogen) atoms. The van der Waals surface area contributed by atoms with E-state index in [0.717, 1.165) is 116 Å². The number of hydrogen-bond donors (Lipinski definition) is 0. The van der Waals surface area contributed by atoms with Crippen LogP contribution in [0.4, 0.5) is 0 Å². The fourth-order valence-corrected chi connectivity index (χ4v) is 8.65. The van der Waals surface area contributed by atoms with Crippen LogP contribution in [0.15, 0.2) is 209 Å². The molecule has 0 spiro atoms. The molecule has 5 nitrogen and oxygen atoms in total. The molecule has 8 aromatic carbocycles. The Hall–Kier alpha value is -8.15. The van der Waals surface area contributed by atoms with Gasteiger partial charge < -0.3 is 8.83 Å². The third kappa shape index (κ3) is 5.67. The molecule has 0 atom stereocenters. The number of fused-ring (bicyclic) bond motifs is 7. The first-order chi connectivity index (χ1) is 29.7. The van der Waals surface area contributed by atoms with E-state index in [2.05, 4.69) is 145 Å². The van der Waals surface area contributed by atoms with Crippen molar-refractivity contribution in [1.82, 2.24) is 15.0 Å². The maximum absolute atomic E-state index is 6.69. The Kier molecular flexibility index (Phi) is 7.78. The molecule has 4 heterocycles. The van der Waals surface area contributed by atoms with Gasteiger partial charge >= 0.3 is 0 Å². The van der Waals surface area contributed by atoms with Crippen LogP contribution in [0.1, 0.15) is 0 Å². The fourth-order valence-electron chi connectivity index (χ4n) is 8.65. The largest absolute Gasteiger partial charge is 0.456 e. The minimum atomic E-state index is 0.668. The summed E-state index contributed by atoms with van der Waals surface area (Å²) < 4.78 is 13.0. The first kappa shape index (κ1) is 33.9. The van der Waals surface area contributed by atoms with Gasteiger partial charge in [0, 0.05) is 55.4 Å². The number of nitrogens with zero attached hydrogens (tertiary/aromatic N) is 3. The van der Waals surface area contributed by atoms with Crippen molar-refractivity contribution in [2.45, 2.75) is 0 Å². The minimum absolute atomic E-state index is 0.668. The summed E-state index contributed by atoms with van der Waals surface area (Å²) in [5.41, 5.74) is 15.6. The number of rotatable bonds is 6. The minimum Gasteiger partial charge on any atom is -0.456 e. The van der Waals surface area contributed by atoms with Crippen LogP contribution in [0.25, 0.3) is 122 Å². The fraction of sp³-hybridized carbons (Fsp3) is 0. The molecular formula is C55H33N3O2. The summed E-state index contributed by atoms with van der Waals surface area (Å²) >= 11 is 0. The van der Waals surface area contributed by atoms with Crippen LogP contribution in [0.2, 0.25) is 0 Å². The smallest absolute Gasteiger partial charge is 0.160 e. The number of benzene rings is 8. The maximum Gasteiger partial charge on any atom is 0.160 e. The Bertz CT molecular complexity index is 3580. The summed E-state index contributed by atoms with van der Waals surface area (Å²) in [5, 5.41) is 5.52. The normalized spacial score (nSPS) is 11.7. The summed E-state index contributed by atoms with van der Waals surface area (Å²) in [6, 6.07) is 67.2. The molecule has 0 N–H and O–H groups in total. The molecule has 0 fully saturated rings. The Balaban J connectivity index is 0.937. The van der Waals surface area contributed by atoms with Crippen molar-refractivity contribution in [2.75, 3.05) is 0 Å². The summed E-state index contributed by atoms with van der Waals surface area (Å²) in [7, 11) is 0. The topological polar surface area (TPSA) is 65.0 Å². The monoisotopic (exact) mass is 767 g/mol. The van der Waals surface area contributed by atoms with E-state index < -0.39 is 0 Å². The number of hydrogen-bond acceptors (Lipinski definition) is 5. The molecule has 280 valence electrons. The lowest BCUT2D eigenvalue weighted by molar-refractivity contribution is 0.668. The average Bonchev–Trinajstić information content (AvgIpc) is 3.90. The third-order valence-electron chi connectivity index (χ3n) is 11.6. The first-order valence-electron chi connectivity index (χ1n) is 20.1. The van der Waals surface area contributed by atoms with Crippen LogP contribution < -0.4 is 0 Å². The van der Waals surface area contributed by atoms with Gasteiger partial charge in [-0.1, -0.05) is 146 Å². The van der Waals surface area contributed by atoms with Crippen LogP contribution in [0, 0.1) is 0 Å². The van der Waals surface area contributed by atoms with Crippen molar-refractivity contribution in [3.63, 3.8) is 0 Å². The van der Waals surface area contributed by atoms with E-state index in [9.17, 15) is 0 Å². The third-order valence-corrected chi connectivity index (χ3v) is 11.6. The maximum atomic E-state index is 6.69. The predicted octanol–water partition coefficient (Wildman–Crippen LogP) is 14.8. The SMILES string of the molecule is c1ccc(-c2cc(-c3ccc(-c4ccc(-c5ccc6c(c5)oc5ccccc56)c5c4oc4ccccc45)cc3)nc(-c3ccc(-c4cccc5ncccc45)cc3)n2)cc1. The van der Waals surface area contributed by atoms with Gasteiger partial charge in [0.1, 0.15) is 22.3 Å². The zero-order valence-electron chi connectivity index (χ0n) is 32.2. The van der Waals surface area contributed by atoms with E-state index in [-0.39, 0.29) is 0 Å². The highest BCUT2D eigenvalue weighted by atomic mass is 16.3. The second kappa shape index (κ2) is 13.8. The van der Waals surface area contributed by atoms with Crippen molar-refractivity contribution in [2.24, 2.45) is 0 Å². The summed E-state index contributed by atoms with van der Waals surface area (Å²) in [5.74, 6) is 0.668. The molecule has 0 unspecified atom stereocenters. The van der Waals surface area contributed by atoms with E-state index >= 15 is 0 Å². The molecule has 0 amide bonds. The van der Waals surface area contributed by atoms with Crippen molar-refractivity contribution < 1.29 is 8.83 Å². The Morgan fingerprint density at radius 2 is 0.933 bits per heavy atom. The van der Waals surface area contributed by atoms with E-state index in [1.807, 2.05) is 60.8 Å². The van der Waals surface area contributed by atoms with Crippen molar-refractivity contribution in [3.05, 3.63) is 200 Å². The molecule has 4 aromatic heterocycles. The molecule has 0 saturated carbocycles. The lowest BCUT2D eigenvalue weighted by atomic mass is 9.93. The Morgan fingerprint density at radius 3 is 1.73 bits per heavy atom. The molecule has 5 heteroatoms. The standard InChI is InChI=1S/C55H33N3O2/c1-2-10-36(11-3-1)48-33-49(58-55(57-48)38-25-21-34(22-26-38)40-14-8-16-47-43(40)15-9-31-56-47)37-23-19-35(20-24-37)42-30-29-41(53-46-13-5-7-18-51(46)60-54(42)53)39-27-28-45-44-12-4-6-17-50(44)59-52(45)32-39/h1-33H. The molecule has 0 aliphatic heterocycles. The molecule has 0 bridgehead atoms. The number of furan rings is 2. The van der Waals surface area contributed by atoms with Gasteiger partial charge in [0.2, 0.25) is 0 Å². The van der Waals surface area contributed by atoms with Crippen LogP contribution in [0.5, 0.6) is 0 Å². The number of aromatic nitrogens is 3. The Labute approximate surface area is 344 Å². The van der Waals surface area contributed by atoms with Gasteiger partial charge in [0.25, 0.3) is 0 Å². The van der Waals surface area contributed by atoms with Gasteiger partial charge in [-0.25, -0.2) is 9.97 Å². The van der Waals surface area contributed by atoms with Crippen molar-refractivity contribution >= 4 is 54.8 Å². The van der Waals surface area contributed by atoms with Gasteiger partial charge in [-0.2, -0.15) is 0 Å². The molecule has 12 rings (SSSR count). The van der Waals surface area contributed by atoms with E-state index in [1.165, 1.54) is 0 Å². The highest BCUT2D eigenvalue weighted by Crippen LogP contribution is 2.43. The summed E-state index contributed by atoms with van der Waals surface area (Å²) in [6.45, 7) is 0. The molecule has 0 radical (unpaired) electrons. The highest BCUT2D eigenvalue weighted by Gasteiger charge is 2.19. The number of para-hydroxylation sites is 2. The predicted molar refractivity (Wildman–Crippen MR) is 245 cm³/mol. The molecule has 12 aromatic rings. The quantitative estimate of drug-likeness (QED) is 0.169. The van der Waals surface area contributed by atoms with Gasteiger partial charge in [-0.3, -0.25) is 4.98 Å². The first-order valence-corrected chi connectivity index (χ1v) is 20.1. The van der Waals surface area contributed by atoms with Crippen LogP contribution in [-0.2, 0) is 0 Å². The van der Waals surface area contributed by atoms with Crippen LogP contribution >= 0.6 is 0 Å². The van der Waals surface area contributed by atoms with Crippen molar-refractivity contribution in [3.8, 4) is 67.3 Å². The van der Waals surface area contributed by atoms with Gasteiger partial charge in [0.15, 0.2) is 5.82 Å². The van der Waals surface area contributed by atoms with E-state index in [1.54, 1.807) is 0 Å². The second-order valence-corrected chi connectivity index (χ2v) is 15.1. The lowest BCUT2D eigenvalue weighted by Gasteiger charge is -2.12. The van der Waals surface area contributed by atoms with Gasteiger partial charge in [-0.15, -0.1) is 0 Å². The summed E-state index contributed by atoms with van der Waals surface area (Å²) in [4.78, 5) is 14.8. The van der Waals surface area contributed by atoms with Gasteiger partial charge in [0.05, 0.1) is 16.9 Å². The van der Waals surface area contributed by atoms with Gasteiger partial charge in [-0.05, 0) is 76.3 Å². The van der Waals surface area contributed by atoms with Crippen LogP contribution in [-0.4, -0.2) is 15.0 Å². The van der Waals surface area contributed by atoms with E-state index in [0.29, 0.717) is 5.82 Å². The van der Waals surface area contributed by atoms with Crippen LogP contribution in [0.3, 0.4) is 0 Å². The zero-order valence-corrected chi connectivity index (χ0v) is 32.2. The molecule has 0 aliphatic carbocycles. The highest BCUT2D eigenvalue weighted by molar-refractivity contribution is 6.17. The molecule has 0 aliphatic rings. The Morgan fingerprint density at radius 1 is 0.333 bits per heavy atom. The lowest BCUT2D eigenvalue weighted by Crippen LogP contribution is -1.96. The zero-order chi connectivity index (χ0) is 39.6. The second-order valence-electron chi connectivity index (χ2n) is 15.1. The number of pyridine rings is 1. The average molecular weight is 768 g/mol. The molecule has 0 saturated heterocycles. The van der Waals surface area contributed by atoms with E-state index in [4.69, 9.17) is 18.8 Å².